The number of hydrogen-bond acceptors (Lipinski definition) is 8. The SMILES string of the molecule is Cc1cccc(NC(=O)CSc2nnc3nc(NC(C)C)nc(NC(C)C)n23)c1C. The molecule has 3 N–H and O–H groups in total. The van der Waals surface area contributed by atoms with E-state index in [1.165, 1.54) is 11.8 Å². The Bertz CT molecular complexity index is 1050. The van der Waals surface area contributed by atoms with E-state index < -0.39 is 0 Å². The second kappa shape index (κ2) is 9.29. The number of rotatable bonds is 8. The summed E-state index contributed by atoms with van der Waals surface area (Å²) in [5, 5.41) is 18.4. The van der Waals surface area contributed by atoms with Crippen molar-refractivity contribution in [2.24, 2.45) is 0 Å². The topological polar surface area (TPSA) is 109 Å². The highest BCUT2D eigenvalue weighted by atomic mass is 32.2. The summed E-state index contributed by atoms with van der Waals surface area (Å²) in [6.07, 6.45) is 0. The number of carbonyl (C=O) groups is 1. The third-order valence-corrected chi connectivity index (χ3v) is 5.22. The van der Waals surface area contributed by atoms with Crippen molar-refractivity contribution in [1.29, 1.82) is 0 Å². The van der Waals surface area contributed by atoms with E-state index in [1.807, 2.05) is 59.7 Å². The van der Waals surface area contributed by atoms with Crippen LogP contribution in [0.3, 0.4) is 0 Å². The fourth-order valence-corrected chi connectivity index (χ4v) is 3.49. The summed E-state index contributed by atoms with van der Waals surface area (Å²) in [7, 11) is 0. The van der Waals surface area contributed by atoms with Gasteiger partial charge in [-0.1, -0.05) is 23.9 Å². The highest BCUT2D eigenvalue weighted by Crippen LogP contribution is 2.23. The number of nitrogens with one attached hydrogen (secondary N) is 3. The van der Waals surface area contributed by atoms with Gasteiger partial charge < -0.3 is 16.0 Å². The van der Waals surface area contributed by atoms with Gasteiger partial charge in [0.25, 0.3) is 5.78 Å². The highest BCUT2D eigenvalue weighted by Gasteiger charge is 2.17. The molecule has 0 aliphatic carbocycles. The Labute approximate surface area is 180 Å². The molecule has 0 radical (unpaired) electrons. The van der Waals surface area contributed by atoms with Gasteiger partial charge in [-0.3, -0.25) is 4.79 Å². The molecule has 9 nitrogen and oxygen atoms in total. The molecule has 0 saturated carbocycles. The Kier molecular flexibility index (Phi) is 6.76. The Morgan fingerprint density at radius 1 is 1.07 bits per heavy atom. The number of amides is 1. The molecule has 2 heterocycles. The largest absolute Gasteiger partial charge is 0.353 e. The molecule has 3 rings (SSSR count). The first-order chi connectivity index (χ1) is 14.2. The molecule has 30 heavy (non-hydrogen) atoms. The van der Waals surface area contributed by atoms with Crippen LogP contribution in [-0.4, -0.2) is 48.3 Å². The molecular weight excluding hydrogens is 400 g/mol. The molecule has 0 spiro atoms. The zero-order chi connectivity index (χ0) is 21.8. The van der Waals surface area contributed by atoms with E-state index in [9.17, 15) is 4.79 Å². The molecule has 0 aliphatic heterocycles. The maximum Gasteiger partial charge on any atom is 0.261 e. The van der Waals surface area contributed by atoms with E-state index >= 15 is 0 Å². The van der Waals surface area contributed by atoms with Crippen LogP contribution in [0.25, 0.3) is 5.78 Å². The van der Waals surface area contributed by atoms with Crippen LogP contribution >= 0.6 is 11.8 Å². The Morgan fingerprint density at radius 3 is 2.50 bits per heavy atom. The van der Waals surface area contributed by atoms with Crippen LogP contribution in [-0.2, 0) is 4.79 Å². The van der Waals surface area contributed by atoms with Gasteiger partial charge in [0, 0.05) is 17.8 Å². The van der Waals surface area contributed by atoms with Crippen molar-refractivity contribution in [3.05, 3.63) is 29.3 Å². The summed E-state index contributed by atoms with van der Waals surface area (Å²) in [6, 6.07) is 6.20. The van der Waals surface area contributed by atoms with Crippen LogP contribution in [0.4, 0.5) is 17.6 Å². The van der Waals surface area contributed by atoms with Gasteiger partial charge in [0.1, 0.15) is 0 Å². The van der Waals surface area contributed by atoms with E-state index in [0.29, 0.717) is 22.8 Å². The van der Waals surface area contributed by atoms with E-state index in [2.05, 4.69) is 36.1 Å². The van der Waals surface area contributed by atoms with Crippen LogP contribution in [0.5, 0.6) is 0 Å². The predicted molar refractivity (Wildman–Crippen MR) is 121 cm³/mol. The summed E-state index contributed by atoms with van der Waals surface area (Å²) < 4.78 is 1.74. The van der Waals surface area contributed by atoms with Crippen molar-refractivity contribution in [2.75, 3.05) is 21.7 Å². The zero-order valence-electron chi connectivity index (χ0n) is 18.1. The van der Waals surface area contributed by atoms with Gasteiger partial charge in [0.2, 0.25) is 17.8 Å². The molecule has 160 valence electrons. The number of aryl methyl sites for hydroxylation is 1. The first kappa shape index (κ1) is 21.8. The number of fused-ring (bicyclic) bond motifs is 1. The van der Waals surface area contributed by atoms with Crippen molar-refractivity contribution in [2.45, 2.75) is 58.8 Å². The summed E-state index contributed by atoms with van der Waals surface area (Å²) in [4.78, 5) is 21.5. The first-order valence-corrected chi connectivity index (χ1v) is 10.9. The van der Waals surface area contributed by atoms with Crippen molar-refractivity contribution in [3.63, 3.8) is 0 Å². The summed E-state index contributed by atoms with van der Waals surface area (Å²) >= 11 is 1.29. The van der Waals surface area contributed by atoms with E-state index in [-0.39, 0.29) is 23.7 Å². The first-order valence-electron chi connectivity index (χ1n) is 9.89. The standard InChI is InChI=1S/C20H28N8OS/c1-11(2)21-17-24-18(22-12(3)4)28-19(25-17)26-27-20(28)30-10-16(29)23-15-9-7-8-13(5)14(15)6/h7-9,11-12H,10H2,1-6H3,(H,23,29)(H2,21,22,24,25,26). The Morgan fingerprint density at radius 2 is 1.80 bits per heavy atom. The number of hydrogen-bond donors (Lipinski definition) is 3. The molecule has 0 saturated heterocycles. The minimum absolute atomic E-state index is 0.108. The van der Waals surface area contributed by atoms with Crippen LogP contribution in [0.15, 0.2) is 23.4 Å². The summed E-state index contributed by atoms with van der Waals surface area (Å²) in [5.74, 6) is 1.58. The number of nitrogens with zero attached hydrogens (tertiary/aromatic N) is 5. The fraction of sp³-hybridized carbons (Fsp3) is 0.450. The normalized spacial score (nSPS) is 11.3. The third kappa shape index (κ3) is 5.18. The van der Waals surface area contributed by atoms with E-state index in [1.54, 1.807) is 4.40 Å². The minimum Gasteiger partial charge on any atom is -0.353 e. The van der Waals surface area contributed by atoms with Crippen molar-refractivity contribution < 1.29 is 4.79 Å². The number of benzene rings is 1. The smallest absolute Gasteiger partial charge is 0.261 e. The molecule has 0 aliphatic rings. The molecule has 1 amide bonds. The van der Waals surface area contributed by atoms with Crippen LogP contribution in [0, 0.1) is 13.8 Å². The van der Waals surface area contributed by atoms with Crippen molar-refractivity contribution in [3.8, 4) is 0 Å². The molecular formula is C20H28N8OS. The Balaban J connectivity index is 1.80. The lowest BCUT2D eigenvalue weighted by molar-refractivity contribution is -0.113. The van der Waals surface area contributed by atoms with E-state index in [4.69, 9.17) is 0 Å². The van der Waals surface area contributed by atoms with Crippen LogP contribution in [0.1, 0.15) is 38.8 Å². The quantitative estimate of drug-likeness (QED) is 0.468. The lowest BCUT2D eigenvalue weighted by Gasteiger charge is -2.14. The lowest BCUT2D eigenvalue weighted by atomic mass is 10.1. The van der Waals surface area contributed by atoms with Gasteiger partial charge in [-0.25, -0.2) is 4.40 Å². The molecule has 0 atom stereocenters. The number of anilines is 3. The molecule has 3 aromatic rings. The van der Waals surface area contributed by atoms with Crippen LogP contribution in [0.2, 0.25) is 0 Å². The van der Waals surface area contributed by atoms with Crippen molar-refractivity contribution in [1.82, 2.24) is 24.6 Å². The van der Waals surface area contributed by atoms with Gasteiger partial charge in [-0.15, -0.1) is 10.2 Å². The monoisotopic (exact) mass is 428 g/mol. The highest BCUT2D eigenvalue weighted by molar-refractivity contribution is 7.99. The number of carbonyl (C=O) groups excluding carboxylic acids is 1. The second-order valence-electron chi connectivity index (χ2n) is 7.67. The molecule has 0 unspecified atom stereocenters. The van der Waals surface area contributed by atoms with E-state index in [0.717, 1.165) is 16.8 Å². The molecule has 2 aromatic heterocycles. The molecule has 0 bridgehead atoms. The summed E-state index contributed by atoms with van der Waals surface area (Å²) in [5.41, 5.74) is 3.02. The van der Waals surface area contributed by atoms with Gasteiger partial charge in [-0.2, -0.15) is 9.97 Å². The predicted octanol–water partition coefficient (Wildman–Crippen LogP) is 3.51. The lowest BCUT2D eigenvalue weighted by Crippen LogP contribution is -2.19. The molecule has 10 heteroatoms. The second-order valence-corrected chi connectivity index (χ2v) is 8.61. The molecule has 0 fully saturated rings. The number of aromatic nitrogens is 5. The van der Waals surface area contributed by atoms with Gasteiger partial charge in [0.15, 0.2) is 5.16 Å². The fourth-order valence-electron chi connectivity index (χ4n) is 2.76. The van der Waals surface area contributed by atoms with Gasteiger partial charge >= 0.3 is 0 Å². The van der Waals surface area contributed by atoms with Crippen LogP contribution < -0.4 is 16.0 Å². The average molecular weight is 429 g/mol. The maximum absolute atomic E-state index is 12.5. The average Bonchev–Trinajstić information content (AvgIpc) is 3.06. The maximum atomic E-state index is 12.5. The Hall–Kier alpha value is -2.88. The minimum atomic E-state index is -0.108. The van der Waals surface area contributed by atoms with Gasteiger partial charge in [0.05, 0.1) is 5.75 Å². The number of thioether (sulfide) groups is 1. The van der Waals surface area contributed by atoms with Crippen molar-refractivity contribution >= 4 is 41.0 Å². The third-order valence-electron chi connectivity index (χ3n) is 4.29. The van der Waals surface area contributed by atoms with Gasteiger partial charge in [-0.05, 0) is 58.7 Å². The summed E-state index contributed by atoms with van der Waals surface area (Å²) in [6.45, 7) is 12.1. The zero-order valence-corrected chi connectivity index (χ0v) is 19.0. The molecule has 1 aromatic carbocycles.